The van der Waals surface area contributed by atoms with Gasteiger partial charge in [0.25, 0.3) is 0 Å². The summed E-state index contributed by atoms with van der Waals surface area (Å²) in [6.07, 6.45) is 2.86. The fourth-order valence-corrected chi connectivity index (χ4v) is 5.88. The van der Waals surface area contributed by atoms with Gasteiger partial charge >= 0.3 is 5.97 Å². The minimum absolute atomic E-state index is 0.0266. The zero-order valence-electron chi connectivity index (χ0n) is 25.6. The van der Waals surface area contributed by atoms with Crippen LogP contribution in [0.15, 0.2) is 66.7 Å². The Bertz CT molecular complexity index is 2000. The molecule has 0 amide bonds. The number of benzene rings is 3. The predicted molar refractivity (Wildman–Crippen MR) is 167 cm³/mol. The van der Waals surface area contributed by atoms with E-state index in [2.05, 4.69) is 16.9 Å². The van der Waals surface area contributed by atoms with E-state index in [9.17, 15) is 14.3 Å². The largest absolute Gasteiger partial charge is 0.478 e. The Hall–Kier alpha value is -5.21. The summed E-state index contributed by atoms with van der Waals surface area (Å²) >= 11 is 0. The van der Waals surface area contributed by atoms with E-state index in [0.717, 1.165) is 44.1 Å². The van der Waals surface area contributed by atoms with Crippen molar-refractivity contribution in [3.05, 3.63) is 112 Å². The van der Waals surface area contributed by atoms with Gasteiger partial charge in [-0.15, -0.1) is 0 Å². The van der Waals surface area contributed by atoms with E-state index >= 15 is 8.78 Å². The number of imidazole rings is 1. The average Bonchev–Trinajstić information content (AvgIpc) is 3.73. The minimum Gasteiger partial charge on any atom is -0.478 e. The molecular weight excluding hydrogens is 609 g/mol. The number of aromatic carboxylic acids is 1. The topological polar surface area (TPSA) is 110 Å². The molecule has 1 aliphatic rings. The standard InChI is InChI=1S/C36H31F3N4O4/c1-21(33-5-3-13-46-33)11-12-43-32-16-23(36(44)45)9-10-31(32)41-34(43)17-25-15-29(39)26(18-28(25)38)30-4-2-6-35(42-30)47-20-24-8-7-22(19-40)14-27(24)37/h2,4,6-10,14-16,18,21,33H,3,5,11-13,17,20H2,1H3,(H,44,45). The molecule has 1 saturated heterocycles. The maximum atomic E-state index is 15.6. The van der Waals surface area contributed by atoms with Crippen molar-refractivity contribution in [1.82, 2.24) is 14.5 Å². The highest BCUT2D eigenvalue weighted by Gasteiger charge is 2.24. The Kier molecular flexibility index (Phi) is 9.22. The van der Waals surface area contributed by atoms with Crippen molar-refractivity contribution < 1.29 is 32.5 Å². The second kappa shape index (κ2) is 13.6. The van der Waals surface area contributed by atoms with Crippen LogP contribution in [0.4, 0.5) is 13.2 Å². The average molecular weight is 641 g/mol. The summed E-state index contributed by atoms with van der Waals surface area (Å²) in [6.45, 7) is 3.18. The van der Waals surface area contributed by atoms with Crippen molar-refractivity contribution in [3.8, 4) is 23.2 Å². The van der Waals surface area contributed by atoms with Gasteiger partial charge in [0.1, 0.15) is 29.9 Å². The normalized spacial score (nSPS) is 15.1. The number of halogens is 3. The summed E-state index contributed by atoms with van der Waals surface area (Å²) in [5.41, 5.74) is 1.81. The Morgan fingerprint density at radius 1 is 1.06 bits per heavy atom. The molecule has 2 unspecified atom stereocenters. The second-order valence-electron chi connectivity index (χ2n) is 11.7. The highest BCUT2D eigenvalue weighted by molar-refractivity contribution is 5.92. The van der Waals surface area contributed by atoms with Crippen LogP contribution < -0.4 is 4.74 Å². The van der Waals surface area contributed by atoms with Crippen molar-refractivity contribution in [2.24, 2.45) is 5.92 Å². The number of rotatable bonds is 11. The van der Waals surface area contributed by atoms with Crippen molar-refractivity contribution in [3.63, 3.8) is 0 Å². The maximum Gasteiger partial charge on any atom is 0.335 e. The van der Waals surface area contributed by atoms with Gasteiger partial charge in [-0.05, 0) is 79.3 Å². The predicted octanol–water partition coefficient (Wildman–Crippen LogP) is 7.46. The van der Waals surface area contributed by atoms with Gasteiger partial charge < -0.3 is 19.1 Å². The molecular formula is C36H31F3N4O4. The highest BCUT2D eigenvalue weighted by atomic mass is 19.1. The first-order valence-corrected chi connectivity index (χ1v) is 15.3. The van der Waals surface area contributed by atoms with Gasteiger partial charge in [0, 0.05) is 36.8 Å². The van der Waals surface area contributed by atoms with Crippen molar-refractivity contribution in [2.45, 2.75) is 51.9 Å². The fourth-order valence-electron chi connectivity index (χ4n) is 5.88. The lowest BCUT2D eigenvalue weighted by molar-refractivity contribution is 0.0647. The molecule has 1 fully saturated rings. The summed E-state index contributed by atoms with van der Waals surface area (Å²) in [4.78, 5) is 20.7. The zero-order chi connectivity index (χ0) is 33.1. The third kappa shape index (κ3) is 6.98. The molecule has 0 saturated carbocycles. The molecule has 5 aromatic rings. The van der Waals surface area contributed by atoms with Crippen LogP contribution in [-0.4, -0.2) is 38.3 Å². The number of aromatic nitrogens is 3. The van der Waals surface area contributed by atoms with Crippen molar-refractivity contribution >= 4 is 17.0 Å². The number of hydrogen-bond donors (Lipinski definition) is 1. The monoisotopic (exact) mass is 640 g/mol. The van der Waals surface area contributed by atoms with E-state index in [1.165, 1.54) is 30.3 Å². The van der Waals surface area contributed by atoms with Gasteiger partial charge in [-0.25, -0.2) is 27.9 Å². The molecule has 6 rings (SSSR count). The van der Waals surface area contributed by atoms with Crippen LogP contribution in [0.5, 0.6) is 5.88 Å². The first-order valence-electron chi connectivity index (χ1n) is 15.3. The molecule has 1 aliphatic heterocycles. The summed E-state index contributed by atoms with van der Waals surface area (Å²) in [6, 6.07) is 17.3. The molecule has 0 aliphatic carbocycles. The summed E-state index contributed by atoms with van der Waals surface area (Å²) in [7, 11) is 0. The van der Waals surface area contributed by atoms with Crippen LogP contribution in [0, 0.1) is 34.7 Å². The first kappa shape index (κ1) is 31.8. The number of pyridine rings is 1. The molecule has 2 atom stereocenters. The highest BCUT2D eigenvalue weighted by Crippen LogP contribution is 2.30. The van der Waals surface area contributed by atoms with Crippen LogP contribution in [0.3, 0.4) is 0 Å². The third-order valence-electron chi connectivity index (χ3n) is 8.52. The smallest absolute Gasteiger partial charge is 0.335 e. The molecule has 8 nitrogen and oxygen atoms in total. The molecule has 0 spiro atoms. The number of aryl methyl sites for hydroxylation is 1. The van der Waals surface area contributed by atoms with Crippen LogP contribution >= 0.6 is 0 Å². The number of carbonyl (C=O) groups is 1. The lowest BCUT2D eigenvalue weighted by atomic mass is 9.98. The molecule has 11 heteroatoms. The number of ether oxygens (including phenoxy) is 2. The molecule has 47 heavy (non-hydrogen) atoms. The molecule has 0 bridgehead atoms. The first-order chi connectivity index (χ1) is 22.7. The third-order valence-corrected chi connectivity index (χ3v) is 8.52. The Balaban J connectivity index is 1.25. The van der Waals surface area contributed by atoms with Crippen LogP contribution in [0.1, 0.15) is 59.1 Å². The lowest BCUT2D eigenvalue weighted by Crippen LogP contribution is -2.19. The van der Waals surface area contributed by atoms with Crippen LogP contribution in [0.2, 0.25) is 0 Å². The number of carboxylic acid groups (broad SMARTS) is 1. The van der Waals surface area contributed by atoms with Gasteiger partial charge in [-0.2, -0.15) is 5.26 Å². The quantitative estimate of drug-likeness (QED) is 0.160. The molecule has 3 aromatic carbocycles. The van der Waals surface area contributed by atoms with E-state index in [1.54, 1.807) is 18.2 Å². The number of nitriles is 1. The van der Waals surface area contributed by atoms with Crippen molar-refractivity contribution in [1.29, 1.82) is 5.26 Å². The van der Waals surface area contributed by atoms with Crippen LogP contribution in [0.25, 0.3) is 22.3 Å². The molecule has 1 N–H and O–H groups in total. The summed E-state index contributed by atoms with van der Waals surface area (Å²) in [5, 5.41) is 18.5. The van der Waals surface area contributed by atoms with Gasteiger partial charge in [0.15, 0.2) is 0 Å². The van der Waals surface area contributed by atoms with E-state index in [0.29, 0.717) is 23.4 Å². The Labute approximate surface area is 269 Å². The summed E-state index contributed by atoms with van der Waals surface area (Å²) in [5.74, 6) is -2.22. The Morgan fingerprint density at radius 3 is 2.64 bits per heavy atom. The molecule has 0 radical (unpaired) electrons. The lowest BCUT2D eigenvalue weighted by Gasteiger charge is -2.19. The van der Waals surface area contributed by atoms with E-state index in [-0.39, 0.29) is 64.4 Å². The number of fused-ring (bicyclic) bond motifs is 1. The van der Waals surface area contributed by atoms with Gasteiger partial charge in [0.2, 0.25) is 5.88 Å². The zero-order valence-corrected chi connectivity index (χ0v) is 25.6. The van der Waals surface area contributed by atoms with Crippen LogP contribution in [-0.2, 0) is 24.3 Å². The van der Waals surface area contributed by atoms with E-state index in [4.69, 9.17) is 14.7 Å². The Morgan fingerprint density at radius 2 is 1.89 bits per heavy atom. The summed E-state index contributed by atoms with van der Waals surface area (Å²) < 4.78 is 58.8. The number of nitrogens with zero attached hydrogens (tertiary/aromatic N) is 4. The minimum atomic E-state index is -1.07. The second-order valence-corrected chi connectivity index (χ2v) is 11.7. The fraction of sp³-hybridized carbons (Fsp3) is 0.278. The van der Waals surface area contributed by atoms with Gasteiger partial charge in [0.05, 0.1) is 40.0 Å². The van der Waals surface area contributed by atoms with Gasteiger partial charge in [-0.3, -0.25) is 0 Å². The van der Waals surface area contributed by atoms with E-state index < -0.39 is 23.4 Å². The van der Waals surface area contributed by atoms with Gasteiger partial charge in [-0.1, -0.05) is 19.1 Å². The maximum absolute atomic E-state index is 15.6. The number of hydrogen-bond acceptors (Lipinski definition) is 6. The molecule has 240 valence electrons. The number of carboxylic acids is 1. The van der Waals surface area contributed by atoms with Crippen molar-refractivity contribution in [2.75, 3.05) is 6.61 Å². The molecule has 2 aromatic heterocycles. The SMILES string of the molecule is CC(CCn1c(Cc2cc(F)c(-c3cccc(OCc4ccc(C#N)cc4F)n3)cc2F)nc2ccc(C(=O)O)cc21)C1CCCO1. The van der Waals surface area contributed by atoms with E-state index in [1.807, 2.05) is 10.6 Å². The molecule has 3 heterocycles.